The van der Waals surface area contributed by atoms with Crippen molar-refractivity contribution < 1.29 is 0 Å². The summed E-state index contributed by atoms with van der Waals surface area (Å²) in [7, 11) is 0. The molecule has 3 rings (SSSR count). The van der Waals surface area contributed by atoms with E-state index in [2.05, 4.69) is 15.1 Å². The lowest BCUT2D eigenvalue weighted by Crippen LogP contribution is -2.65. The zero-order valence-electron chi connectivity index (χ0n) is 8.98. The molecule has 0 aromatic carbocycles. The van der Waals surface area contributed by atoms with Gasteiger partial charge in [0.25, 0.3) is 0 Å². The standard InChI is InChI=1S/C11H16N4/c1-8-2-3-10(14-13-8)15-6-11(7-15)4-9(12)5-11/h2-3,9H,4-7,12H2,1H3. The Kier molecular flexibility index (Phi) is 1.77. The van der Waals surface area contributed by atoms with Crippen molar-refractivity contribution >= 4 is 5.82 Å². The quantitative estimate of drug-likeness (QED) is 0.732. The van der Waals surface area contributed by atoms with Gasteiger partial charge >= 0.3 is 0 Å². The average Bonchev–Trinajstić information content (AvgIpc) is 2.11. The number of anilines is 1. The fraction of sp³-hybridized carbons (Fsp3) is 0.636. The van der Waals surface area contributed by atoms with Gasteiger partial charge in [0, 0.05) is 24.5 Å². The second kappa shape index (κ2) is 2.92. The Balaban J connectivity index is 1.65. The Bertz CT molecular complexity index is 359. The van der Waals surface area contributed by atoms with Gasteiger partial charge in [-0.15, -0.1) is 5.10 Å². The highest BCUT2D eigenvalue weighted by Crippen LogP contribution is 2.48. The lowest BCUT2D eigenvalue weighted by Gasteiger charge is -2.58. The van der Waals surface area contributed by atoms with Gasteiger partial charge in [-0.2, -0.15) is 5.10 Å². The van der Waals surface area contributed by atoms with Crippen LogP contribution in [0.25, 0.3) is 0 Å². The zero-order valence-corrected chi connectivity index (χ0v) is 8.98. The fourth-order valence-corrected chi connectivity index (χ4v) is 2.80. The van der Waals surface area contributed by atoms with E-state index in [1.54, 1.807) is 0 Å². The Morgan fingerprint density at radius 2 is 2.07 bits per heavy atom. The van der Waals surface area contributed by atoms with Crippen LogP contribution in [0.3, 0.4) is 0 Å². The molecule has 0 bridgehead atoms. The maximum absolute atomic E-state index is 5.82. The zero-order chi connectivity index (χ0) is 10.5. The number of hydrogen-bond donors (Lipinski definition) is 1. The monoisotopic (exact) mass is 204 g/mol. The molecule has 1 spiro atoms. The van der Waals surface area contributed by atoms with Gasteiger partial charge in [0.2, 0.25) is 0 Å². The summed E-state index contributed by atoms with van der Waals surface area (Å²) in [6.07, 6.45) is 2.37. The highest BCUT2D eigenvalue weighted by atomic mass is 15.3. The molecule has 2 heterocycles. The van der Waals surface area contributed by atoms with Crippen LogP contribution in [0, 0.1) is 12.3 Å². The summed E-state index contributed by atoms with van der Waals surface area (Å²) in [5.74, 6) is 1.01. The summed E-state index contributed by atoms with van der Waals surface area (Å²) < 4.78 is 0. The second-order valence-electron chi connectivity index (χ2n) is 5.06. The molecule has 1 saturated heterocycles. The third kappa shape index (κ3) is 1.40. The van der Waals surface area contributed by atoms with Crippen molar-refractivity contribution in [2.75, 3.05) is 18.0 Å². The third-order valence-electron chi connectivity index (χ3n) is 3.55. The SMILES string of the molecule is Cc1ccc(N2CC3(CC(N)C3)C2)nn1. The predicted molar refractivity (Wildman–Crippen MR) is 58.6 cm³/mol. The van der Waals surface area contributed by atoms with Crippen LogP contribution in [0.1, 0.15) is 18.5 Å². The third-order valence-corrected chi connectivity index (χ3v) is 3.55. The Labute approximate surface area is 89.5 Å². The normalized spacial score (nSPS) is 23.7. The second-order valence-corrected chi connectivity index (χ2v) is 5.06. The minimum Gasteiger partial charge on any atom is -0.354 e. The van der Waals surface area contributed by atoms with Gasteiger partial charge in [0.15, 0.2) is 5.82 Å². The lowest BCUT2D eigenvalue weighted by atomic mass is 9.61. The molecule has 2 fully saturated rings. The van der Waals surface area contributed by atoms with E-state index < -0.39 is 0 Å². The van der Waals surface area contributed by atoms with E-state index in [0.717, 1.165) is 24.6 Å². The minimum atomic E-state index is 0.441. The van der Waals surface area contributed by atoms with Crippen molar-refractivity contribution in [2.24, 2.45) is 11.1 Å². The summed E-state index contributed by atoms with van der Waals surface area (Å²) >= 11 is 0. The average molecular weight is 204 g/mol. The molecule has 15 heavy (non-hydrogen) atoms. The van der Waals surface area contributed by atoms with Gasteiger partial charge in [-0.05, 0) is 31.9 Å². The molecule has 1 aliphatic heterocycles. The Hall–Kier alpha value is -1.16. The first-order valence-corrected chi connectivity index (χ1v) is 5.48. The molecular formula is C11H16N4. The maximum Gasteiger partial charge on any atom is 0.151 e. The summed E-state index contributed by atoms with van der Waals surface area (Å²) in [4.78, 5) is 2.29. The molecule has 0 amide bonds. The van der Waals surface area contributed by atoms with Crippen molar-refractivity contribution in [3.05, 3.63) is 17.8 Å². The Morgan fingerprint density at radius 3 is 2.60 bits per heavy atom. The van der Waals surface area contributed by atoms with E-state index in [0.29, 0.717) is 11.5 Å². The first kappa shape index (κ1) is 9.09. The molecule has 80 valence electrons. The molecule has 0 unspecified atom stereocenters. The first-order chi connectivity index (χ1) is 7.17. The molecule has 1 aliphatic carbocycles. The lowest BCUT2D eigenvalue weighted by molar-refractivity contribution is 0.0657. The molecule has 0 radical (unpaired) electrons. The predicted octanol–water partition coefficient (Wildman–Crippen LogP) is 0.713. The van der Waals surface area contributed by atoms with Gasteiger partial charge in [0.1, 0.15) is 0 Å². The largest absolute Gasteiger partial charge is 0.354 e. The van der Waals surface area contributed by atoms with Gasteiger partial charge in [0.05, 0.1) is 5.69 Å². The summed E-state index contributed by atoms with van der Waals surface area (Å²) in [5, 5.41) is 8.26. The van der Waals surface area contributed by atoms with Crippen LogP contribution in [0.2, 0.25) is 0 Å². The maximum atomic E-state index is 5.82. The number of nitrogens with zero attached hydrogens (tertiary/aromatic N) is 3. The number of nitrogens with two attached hydrogens (primary N) is 1. The number of aromatic nitrogens is 2. The highest BCUT2D eigenvalue weighted by molar-refractivity contribution is 5.43. The van der Waals surface area contributed by atoms with E-state index in [1.807, 2.05) is 19.1 Å². The molecule has 1 saturated carbocycles. The van der Waals surface area contributed by atoms with Crippen LogP contribution >= 0.6 is 0 Å². The van der Waals surface area contributed by atoms with Gasteiger partial charge in [-0.1, -0.05) is 0 Å². The Morgan fingerprint density at radius 1 is 1.33 bits per heavy atom. The molecule has 1 aromatic rings. The highest BCUT2D eigenvalue weighted by Gasteiger charge is 2.51. The first-order valence-electron chi connectivity index (χ1n) is 5.48. The molecule has 1 aromatic heterocycles. The minimum absolute atomic E-state index is 0.441. The van der Waals surface area contributed by atoms with Crippen molar-refractivity contribution in [2.45, 2.75) is 25.8 Å². The fourth-order valence-electron chi connectivity index (χ4n) is 2.80. The van der Waals surface area contributed by atoms with Crippen LogP contribution in [-0.2, 0) is 0 Å². The number of hydrogen-bond acceptors (Lipinski definition) is 4. The van der Waals surface area contributed by atoms with E-state index in [1.165, 1.54) is 12.8 Å². The molecular weight excluding hydrogens is 188 g/mol. The molecule has 4 nitrogen and oxygen atoms in total. The van der Waals surface area contributed by atoms with Gasteiger partial charge in [-0.3, -0.25) is 0 Å². The van der Waals surface area contributed by atoms with Crippen LogP contribution in [0.5, 0.6) is 0 Å². The van der Waals surface area contributed by atoms with E-state index in [9.17, 15) is 0 Å². The molecule has 2 aliphatic rings. The summed E-state index contributed by atoms with van der Waals surface area (Å²) in [6.45, 7) is 4.18. The molecule has 0 atom stereocenters. The molecule has 2 N–H and O–H groups in total. The van der Waals surface area contributed by atoms with Crippen LogP contribution < -0.4 is 10.6 Å². The summed E-state index contributed by atoms with van der Waals surface area (Å²) in [5.41, 5.74) is 7.31. The smallest absolute Gasteiger partial charge is 0.151 e. The van der Waals surface area contributed by atoms with E-state index in [4.69, 9.17) is 5.73 Å². The van der Waals surface area contributed by atoms with Crippen LogP contribution in [0.15, 0.2) is 12.1 Å². The van der Waals surface area contributed by atoms with Crippen molar-refractivity contribution in [1.82, 2.24) is 10.2 Å². The van der Waals surface area contributed by atoms with Crippen LogP contribution in [-0.4, -0.2) is 29.3 Å². The summed E-state index contributed by atoms with van der Waals surface area (Å²) in [6, 6.07) is 4.50. The van der Waals surface area contributed by atoms with Crippen molar-refractivity contribution in [3.63, 3.8) is 0 Å². The topological polar surface area (TPSA) is 55.0 Å². The van der Waals surface area contributed by atoms with Gasteiger partial charge < -0.3 is 10.6 Å². The van der Waals surface area contributed by atoms with E-state index >= 15 is 0 Å². The van der Waals surface area contributed by atoms with E-state index in [-0.39, 0.29) is 0 Å². The van der Waals surface area contributed by atoms with Crippen LogP contribution in [0.4, 0.5) is 5.82 Å². The number of aryl methyl sites for hydroxylation is 1. The molecule has 4 heteroatoms. The number of rotatable bonds is 1. The van der Waals surface area contributed by atoms with Crippen molar-refractivity contribution in [1.29, 1.82) is 0 Å². The van der Waals surface area contributed by atoms with Gasteiger partial charge in [-0.25, -0.2) is 0 Å². The van der Waals surface area contributed by atoms with Crippen molar-refractivity contribution in [3.8, 4) is 0 Å².